The van der Waals surface area contributed by atoms with Crippen LogP contribution in [0.15, 0.2) is 48.5 Å². The van der Waals surface area contributed by atoms with Gasteiger partial charge in [-0.3, -0.25) is 14.9 Å². The Kier molecular flexibility index (Phi) is 6.06. The van der Waals surface area contributed by atoms with Crippen LogP contribution < -0.4 is 20.7 Å². The van der Waals surface area contributed by atoms with Gasteiger partial charge >= 0.3 is 5.69 Å². The number of anilines is 5. The molecule has 0 radical (unpaired) electrons. The van der Waals surface area contributed by atoms with E-state index in [2.05, 4.69) is 25.9 Å². The molecule has 0 atom stereocenters. The number of amides is 1. The fourth-order valence-corrected chi connectivity index (χ4v) is 2.77. The van der Waals surface area contributed by atoms with Crippen molar-refractivity contribution in [1.29, 1.82) is 0 Å². The van der Waals surface area contributed by atoms with Crippen molar-refractivity contribution < 1.29 is 14.5 Å². The molecule has 0 unspecified atom stereocenters. The number of hydrogen-bond acceptors (Lipinski definition) is 8. The van der Waals surface area contributed by atoms with Crippen molar-refractivity contribution in [2.24, 2.45) is 0 Å². The maximum absolute atomic E-state index is 11.6. The van der Waals surface area contributed by atoms with Gasteiger partial charge in [-0.1, -0.05) is 12.1 Å². The Labute approximate surface area is 172 Å². The van der Waals surface area contributed by atoms with Crippen LogP contribution in [0, 0.1) is 17.0 Å². The van der Waals surface area contributed by atoms with E-state index in [1.165, 1.54) is 21.0 Å². The summed E-state index contributed by atoms with van der Waals surface area (Å²) in [5, 5.41) is 20.2. The summed E-state index contributed by atoms with van der Waals surface area (Å²) >= 11 is 0. The third-order valence-corrected chi connectivity index (χ3v) is 4.06. The number of carbonyl (C=O) groups excluding carboxylic acids is 1. The second kappa shape index (κ2) is 8.86. The van der Waals surface area contributed by atoms with E-state index in [1.807, 2.05) is 0 Å². The monoisotopic (exact) mass is 408 g/mol. The number of benzene rings is 2. The molecule has 2 aromatic carbocycles. The molecule has 3 rings (SSSR count). The molecule has 10 nitrogen and oxygen atoms in total. The van der Waals surface area contributed by atoms with Gasteiger partial charge in [-0.05, 0) is 43.3 Å². The van der Waals surface area contributed by atoms with Gasteiger partial charge in [0.1, 0.15) is 11.4 Å². The molecule has 1 amide bonds. The summed E-state index contributed by atoms with van der Waals surface area (Å²) in [7, 11) is 1.51. The number of ether oxygens (including phenoxy) is 1. The van der Waals surface area contributed by atoms with Crippen molar-refractivity contribution >= 4 is 40.4 Å². The average molecular weight is 408 g/mol. The Morgan fingerprint density at radius 3 is 2.33 bits per heavy atom. The zero-order valence-corrected chi connectivity index (χ0v) is 16.6. The second-order valence-corrected chi connectivity index (χ2v) is 6.30. The first-order valence-corrected chi connectivity index (χ1v) is 8.95. The van der Waals surface area contributed by atoms with Crippen molar-refractivity contribution in [2.75, 3.05) is 23.1 Å². The maximum Gasteiger partial charge on any atom is 0.332 e. The number of hydrogen-bond donors (Lipinski definition) is 3. The van der Waals surface area contributed by atoms with Crippen molar-refractivity contribution in [2.45, 2.75) is 13.8 Å². The van der Waals surface area contributed by atoms with Gasteiger partial charge in [-0.25, -0.2) is 4.98 Å². The Bertz CT molecular complexity index is 1090. The van der Waals surface area contributed by atoms with E-state index >= 15 is 0 Å². The normalized spacial score (nSPS) is 10.2. The lowest BCUT2D eigenvalue weighted by Crippen LogP contribution is -2.08. The highest BCUT2D eigenvalue weighted by atomic mass is 16.6. The highest BCUT2D eigenvalue weighted by molar-refractivity contribution is 5.88. The molecule has 0 aliphatic rings. The first-order valence-electron chi connectivity index (χ1n) is 8.95. The molecule has 154 valence electrons. The van der Waals surface area contributed by atoms with Crippen LogP contribution in [0.25, 0.3) is 0 Å². The predicted molar refractivity (Wildman–Crippen MR) is 114 cm³/mol. The van der Waals surface area contributed by atoms with Crippen molar-refractivity contribution in [3.8, 4) is 5.75 Å². The van der Waals surface area contributed by atoms with Gasteiger partial charge < -0.3 is 20.7 Å². The standard InChI is InChI=1S/C20H20N6O4/c1-12-18(26(28)29)19(24-16-6-4-5-7-17(16)30-3)25-20(21-12)23-15-10-8-14(9-11-15)22-13(2)27/h4-11H,1-3H3,(H,22,27)(H2,21,23,24,25). The van der Waals surface area contributed by atoms with Crippen molar-refractivity contribution in [3.05, 3.63) is 64.3 Å². The largest absolute Gasteiger partial charge is 0.495 e. The van der Waals surface area contributed by atoms with Gasteiger partial charge in [0.2, 0.25) is 17.7 Å². The highest BCUT2D eigenvalue weighted by Gasteiger charge is 2.23. The molecule has 0 spiro atoms. The molecular weight excluding hydrogens is 388 g/mol. The number of aromatic nitrogens is 2. The molecule has 0 saturated carbocycles. The first-order chi connectivity index (χ1) is 14.4. The maximum atomic E-state index is 11.6. The van der Waals surface area contributed by atoms with Gasteiger partial charge in [0.05, 0.1) is 17.7 Å². The van der Waals surface area contributed by atoms with Gasteiger partial charge in [0, 0.05) is 18.3 Å². The number of nitrogens with one attached hydrogen (secondary N) is 3. The lowest BCUT2D eigenvalue weighted by atomic mass is 10.2. The number of nitro groups is 1. The number of carbonyl (C=O) groups is 1. The number of methoxy groups -OCH3 is 1. The number of para-hydroxylation sites is 2. The van der Waals surface area contributed by atoms with E-state index < -0.39 is 4.92 Å². The summed E-state index contributed by atoms with van der Waals surface area (Å²) in [6.45, 7) is 2.97. The summed E-state index contributed by atoms with van der Waals surface area (Å²) in [6, 6.07) is 13.9. The summed E-state index contributed by atoms with van der Waals surface area (Å²) in [5.41, 5.74) is 1.80. The Morgan fingerprint density at radius 2 is 1.70 bits per heavy atom. The van der Waals surface area contributed by atoms with Gasteiger partial charge in [0.15, 0.2) is 0 Å². The van der Waals surface area contributed by atoms with E-state index in [-0.39, 0.29) is 29.1 Å². The SMILES string of the molecule is COc1ccccc1Nc1nc(Nc2ccc(NC(C)=O)cc2)nc(C)c1[N+](=O)[O-]. The van der Waals surface area contributed by atoms with Crippen LogP contribution in [-0.2, 0) is 4.79 Å². The zero-order valence-electron chi connectivity index (χ0n) is 16.6. The Balaban J connectivity index is 1.93. The summed E-state index contributed by atoms with van der Waals surface area (Å²) in [5.74, 6) is 0.570. The molecule has 0 aliphatic heterocycles. The predicted octanol–water partition coefficient (Wildman–Crippen LogP) is 4.15. The molecule has 0 aliphatic carbocycles. The third-order valence-electron chi connectivity index (χ3n) is 4.06. The van der Waals surface area contributed by atoms with Crippen LogP contribution in [-0.4, -0.2) is 27.9 Å². The zero-order chi connectivity index (χ0) is 21.7. The van der Waals surface area contributed by atoms with Crippen LogP contribution in [0.2, 0.25) is 0 Å². The third kappa shape index (κ3) is 4.79. The smallest absolute Gasteiger partial charge is 0.332 e. The average Bonchev–Trinajstić information content (AvgIpc) is 2.69. The van der Waals surface area contributed by atoms with Crippen LogP contribution in [0.5, 0.6) is 5.75 Å². The topological polar surface area (TPSA) is 131 Å². The van der Waals surface area contributed by atoms with Crippen LogP contribution in [0.1, 0.15) is 12.6 Å². The molecule has 10 heteroatoms. The van der Waals surface area contributed by atoms with Crippen molar-refractivity contribution in [3.63, 3.8) is 0 Å². The highest BCUT2D eigenvalue weighted by Crippen LogP contribution is 2.33. The van der Waals surface area contributed by atoms with Crippen LogP contribution in [0.4, 0.5) is 34.5 Å². The molecule has 0 saturated heterocycles. The fraction of sp³-hybridized carbons (Fsp3) is 0.150. The molecule has 1 heterocycles. The molecule has 0 fully saturated rings. The first kappa shape index (κ1) is 20.5. The molecule has 3 N–H and O–H groups in total. The molecular formula is C20H20N6O4. The lowest BCUT2D eigenvalue weighted by Gasteiger charge is -2.13. The number of rotatable bonds is 7. The molecule has 30 heavy (non-hydrogen) atoms. The van der Waals surface area contributed by atoms with E-state index in [9.17, 15) is 14.9 Å². The molecule has 3 aromatic rings. The van der Waals surface area contributed by atoms with Crippen LogP contribution in [0.3, 0.4) is 0 Å². The minimum absolute atomic E-state index is 0.0365. The quantitative estimate of drug-likeness (QED) is 0.392. The number of nitrogens with zero attached hydrogens (tertiary/aromatic N) is 3. The summed E-state index contributed by atoms with van der Waals surface area (Å²) in [6.07, 6.45) is 0. The van der Waals surface area contributed by atoms with Crippen LogP contribution >= 0.6 is 0 Å². The van der Waals surface area contributed by atoms with E-state index in [0.717, 1.165) is 0 Å². The molecule has 1 aromatic heterocycles. The van der Waals surface area contributed by atoms with E-state index in [4.69, 9.17) is 4.74 Å². The van der Waals surface area contributed by atoms with Crippen molar-refractivity contribution in [1.82, 2.24) is 9.97 Å². The summed E-state index contributed by atoms with van der Waals surface area (Å²) in [4.78, 5) is 30.7. The second-order valence-electron chi connectivity index (χ2n) is 6.30. The van der Waals surface area contributed by atoms with Gasteiger partial charge in [-0.2, -0.15) is 4.98 Å². The van der Waals surface area contributed by atoms with Gasteiger partial charge in [0.25, 0.3) is 0 Å². The summed E-state index contributed by atoms with van der Waals surface area (Å²) < 4.78 is 5.29. The molecule has 0 bridgehead atoms. The fourth-order valence-electron chi connectivity index (χ4n) is 2.77. The van der Waals surface area contributed by atoms with E-state index in [0.29, 0.717) is 22.8 Å². The van der Waals surface area contributed by atoms with Gasteiger partial charge in [-0.15, -0.1) is 0 Å². The Morgan fingerprint density at radius 1 is 1.03 bits per heavy atom. The Hall–Kier alpha value is -4.21. The lowest BCUT2D eigenvalue weighted by molar-refractivity contribution is -0.385. The van der Waals surface area contributed by atoms with E-state index in [1.54, 1.807) is 48.5 Å². The minimum atomic E-state index is -0.529. The number of aryl methyl sites for hydroxylation is 1. The minimum Gasteiger partial charge on any atom is -0.495 e.